The average molecular weight is 400 g/mol. The number of halogens is 1. The van der Waals surface area contributed by atoms with Gasteiger partial charge in [-0.05, 0) is 43.9 Å². The molecule has 0 bridgehead atoms. The molecule has 2 aliphatic heterocycles. The van der Waals surface area contributed by atoms with Gasteiger partial charge in [-0.2, -0.15) is 0 Å². The predicted octanol–water partition coefficient (Wildman–Crippen LogP) is 4.76. The van der Waals surface area contributed by atoms with Gasteiger partial charge >= 0.3 is 0 Å². The highest BCUT2D eigenvalue weighted by Crippen LogP contribution is 2.27. The number of hydrogen-bond donors (Lipinski definition) is 0. The molecule has 3 nitrogen and oxygen atoms in total. The minimum absolute atomic E-state index is 0. The highest BCUT2D eigenvalue weighted by Gasteiger charge is 2.29. The Labute approximate surface area is 176 Å². The van der Waals surface area contributed by atoms with Crippen LogP contribution in [0.3, 0.4) is 0 Å². The van der Waals surface area contributed by atoms with E-state index in [0.717, 1.165) is 19.1 Å². The fourth-order valence-corrected chi connectivity index (χ4v) is 4.83. The summed E-state index contributed by atoms with van der Waals surface area (Å²) in [6.07, 6.45) is 2.61. The van der Waals surface area contributed by atoms with Crippen molar-refractivity contribution >= 4 is 18.1 Å². The van der Waals surface area contributed by atoms with E-state index >= 15 is 0 Å². The van der Waals surface area contributed by atoms with Crippen molar-refractivity contribution in [3.8, 4) is 0 Å². The molecular formula is C24H34ClN3. The second-order valence-electron chi connectivity index (χ2n) is 8.16. The van der Waals surface area contributed by atoms with Gasteiger partial charge in [-0.3, -0.25) is 9.80 Å². The van der Waals surface area contributed by atoms with Crippen molar-refractivity contribution in [1.82, 2.24) is 9.80 Å². The van der Waals surface area contributed by atoms with E-state index in [2.05, 4.69) is 83.1 Å². The van der Waals surface area contributed by atoms with Gasteiger partial charge < -0.3 is 4.90 Å². The van der Waals surface area contributed by atoms with E-state index in [0.29, 0.717) is 6.04 Å². The van der Waals surface area contributed by atoms with Gasteiger partial charge in [0.15, 0.2) is 0 Å². The zero-order valence-electron chi connectivity index (χ0n) is 17.3. The molecule has 0 radical (unpaired) electrons. The SMILES string of the molecule is Cc1ccccc1N1CCN(C2CCN(C(C)c3ccccc3)CC2)CC1.Cl. The zero-order chi connectivity index (χ0) is 18.6. The third-order valence-corrected chi connectivity index (χ3v) is 6.62. The van der Waals surface area contributed by atoms with Crippen LogP contribution in [0.25, 0.3) is 0 Å². The van der Waals surface area contributed by atoms with E-state index in [1.54, 1.807) is 0 Å². The molecule has 0 aliphatic carbocycles. The lowest BCUT2D eigenvalue weighted by Crippen LogP contribution is -2.53. The normalized spacial score (nSPS) is 20.6. The number of piperazine rings is 1. The number of anilines is 1. The van der Waals surface area contributed by atoms with Gasteiger partial charge in [0.2, 0.25) is 0 Å². The summed E-state index contributed by atoms with van der Waals surface area (Å²) in [4.78, 5) is 7.98. The maximum absolute atomic E-state index is 2.75. The van der Waals surface area contributed by atoms with Crippen LogP contribution in [0, 0.1) is 6.92 Å². The molecule has 2 aliphatic rings. The number of hydrogen-bond acceptors (Lipinski definition) is 3. The highest BCUT2D eigenvalue weighted by atomic mass is 35.5. The van der Waals surface area contributed by atoms with Crippen LogP contribution in [0.2, 0.25) is 0 Å². The average Bonchev–Trinajstić information content (AvgIpc) is 2.74. The fraction of sp³-hybridized carbons (Fsp3) is 0.500. The molecule has 4 heteroatoms. The summed E-state index contributed by atoms with van der Waals surface area (Å²) in [5.41, 5.74) is 4.26. The van der Waals surface area contributed by atoms with E-state index in [-0.39, 0.29) is 12.4 Å². The van der Waals surface area contributed by atoms with E-state index in [9.17, 15) is 0 Å². The second kappa shape index (κ2) is 9.78. The largest absolute Gasteiger partial charge is 0.369 e. The number of piperidine rings is 1. The van der Waals surface area contributed by atoms with Gasteiger partial charge in [0, 0.05) is 57.0 Å². The Morgan fingerprint density at radius 1 is 0.786 bits per heavy atom. The molecule has 2 aromatic rings. The molecule has 0 aromatic heterocycles. The van der Waals surface area contributed by atoms with Crippen LogP contribution in [0.15, 0.2) is 54.6 Å². The molecule has 0 N–H and O–H groups in total. The van der Waals surface area contributed by atoms with Crippen LogP contribution >= 0.6 is 12.4 Å². The van der Waals surface area contributed by atoms with Crippen molar-refractivity contribution in [3.63, 3.8) is 0 Å². The molecule has 28 heavy (non-hydrogen) atoms. The summed E-state index contributed by atoms with van der Waals surface area (Å²) < 4.78 is 0. The molecule has 1 unspecified atom stereocenters. The van der Waals surface area contributed by atoms with Crippen LogP contribution in [-0.4, -0.2) is 55.1 Å². The number of benzene rings is 2. The van der Waals surface area contributed by atoms with Crippen LogP contribution in [0.4, 0.5) is 5.69 Å². The molecule has 0 saturated carbocycles. The van der Waals surface area contributed by atoms with Crippen LogP contribution in [0.1, 0.15) is 36.9 Å². The van der Waals surface area contributed by atoms with Gasteiger partial charge in [-0.1, -0.05) is 48.5 Å². The topological polar surface area (TPSA) is 9.72 Å². The first-order chi connectivity index (χ1) is 13.2. The zero-order valence-corrected chi connectivity index (χ0v) is 18.1. The smallest absolute Gasteiger partial charge is 0.0396 e. The summed E-state index contributed by atoms with van der Waals surface area (Å²) in [6, 6.07) is 21.1. The Hall–Kier alpha value is -1.55. The molecule has 2 fully saturated rings. The summed E-state index contributed by atoms with van der Waals surface area (Å²) >= 11 is 0. The Bertz CT molecular complexity index is 720. The van der Waals surface area contributed by atoms with Gasteiger partial charge in [0.05, 0.1) is 0 Å². The number of para-hydroxylation sites is 1. The minimum Gasteiger partial charge on any atom is -0.369 e. The maximum Gasteiger partial charge on any atom is 0.0396 e. The van der Waals surface area contributed by atoms with Gasteiger partial charge in [0.25, 0.3) is 0 Å². The maximum atomic E-state index is 2.75. The lowest BCUT2D eigenvalue weighted by Gasteiger charge is -2.44. The van der Waals surface area contributed by atoms with Crippen LogP contribution < -0.4 is 4.90 Å². The van der Waals surface area contributed by atoms with Crippen molar-refractivity contribution in [1.29, 1.82) is 0 Å². The Kier molecular flexibility index (Phi) is 7.39. The van der Waals surface area contributed by atoms with Crippen LogP contribution in [-0.2, 0) is 0 Å². The third kappa shape index (κ3) is 4.71. The summed E-state index contributed by atoms with van der Waals surface area (Å²) in [5, 5.41) is 0. The fourth-order valence-electron chi connectivity index (χ4n) is 4.83. The molecule has 1 atom stereocenters. The molecule has 0 spiro atoms. The van der Waals surface area contributed by atoms with Crippen LogP contribution in [0.5, 0.6) is 0 Å². The molecule has 2 aromatic carbocycles. The minimum atomic E-state index is 0. The molecule has 0 amide bonds. The summed E-state index contributed by atoms with van der Waals surface area (Å²) in [6.45, 7) is 11.7. The van der Waals surface area contributed by atoms with Gasteiger partial charge in [-0.25, -0.2) is 0 Å². The first-order valence-electron chi connectivity index (χ1n) is 10.6. The molecule has 4 rings (SSSR count). The number of likely N-dealkylation sites (tertiary alicyclic amines) is 1. The first-order valence-corrected chi connectivity index (χ1v) is 10.6. The standard InChI is InChI=1S/C24H33N3.ClH/c1-20-8-6-7-11-24(20)27-18-16-26(17-19-27)23-12-14-25(15-13-23)21(2)22-9-4-3-5-10-22;/h3-11,21,23H,12-19H2,1-2H3;1H. The third-order valence-electron chi connectivity index (χ3n) is 6.62. The molecule has 2 saturated heterocycles. The van der Waals surface area contributed by atoms with E-state index < -0.39 is 0 Å². The molecular weight excluding hydrogens is 366 g/mol. The summed E-state index contributed by atoms with van der Waals surface area (Å²) in [7, 11) is 0. The lowest BCUT2D eigenvalue weighted by atomic mass is 9.98. The Morgan fingerprint density at radius 2 is 1.39 bits per heavy atom. The monoisotopic (exact) mass is 399 g/mol. The van der Waals surface area contributed by atoms with Gasteiger partial charge in [-0.15, -0.1) is 12.4 Å². The lowest BCUT2D eigenvalue weighted by molar-refractivity contribution is 0.0840. The predicted molar refractivity (Wildman–Crippen MR) is 122 cm³/mol. The Balaban J connectivity index is 0.00000225. The first kappa shape index (κ1) is 21.2. The van der Waals surface area contributed by atoms with E-state index in [1.165, 1.54) is 55.8 Å². The quantitative estimate of drug-likeness (QED) is 0.733. The molecule has 2 heterocycles. The van der Waals surface area contributed by atoms with E-state index in [1.807, 2.05) is 0 Å². The number of rotatable bonds is 4. The van der Waals surface area contributed by atoms with Crippen molar-refractivity contribution in [3.05, 3.63) is 65.7 Å². The Morgan fingerprint density at radius 3 is 2.04 bits per heavy atom. The second-order valence-corrected chi connectivity index (χ2v) is 8.16. The van der Waals surface area contributed by atoms with Gasteiger partial charge in [0.1, 0.15) is 0 Å². The van der Waals surface area contributed by atoms with Crippen molar-refractivity contribution in [2.24, 2.45) is 0 Å². The van der Waals surface area contributed by atoms with Crippen molar-refractivity contribution in [2.45, 2.75) is 38.8 Å². The van der Waals surface area contributed by atoms with Crippen molar-refractivity contribution in [2.75, 3.05) is 44.2 Å². The number of aryl methyl sites for hydroxylation is 1. The van der Waals surface area contributed by atoms with E-state index in [4.69, 9.17) is 0 Å². The van der Waals surface area contributed by atoms with Crippen molar-refractivity contribution < 1.29 is 0 Å². The highest BCUT2D eigenvalue weighted by molar-refractivity contribution is 5.85. The molecule has 152 valence electrons. The number of nitrogens with zero attached hydrogens (tertiary/aromatic N) is 3. The summed E-state index contributed by atoms with van der Waals surface area (Å²) in [5.74, 6) is 0.